The molecule has 1 atom stereocenters. The van der Waals surface area contributed by atoms with E-state index in [0.717, 1.165) is 44.9 Å². The zero-order valence-electron chi connectivity index (χ0n) is 31.3. The molecule has 0 heterocycles. The first kappa shape index (κ1) is 45.2. The molecular formula is C41H76O6. The normalized spacial score (nSPS) is 12.0. The van der Waals surface area contributed by atoms with E-state index in [0.29, 0.717) is 25.7 Å². The summed E-state index contributed by atoms with van der Waals surface area (Å²) in [6.07, 6.45) is 37.5. The van der Waals surface area contributed by atoms with Gasteiger partial charge in [0.25, 0.3) is 0 Å². The van der Waals surface area contributed by atoms with Gasteiger partial charge in [-0.1, -0.05) is 161 Å². The average Bonchev–Trinajstić information content (AvgIpc) is 3.06. The zero-order chi connectivity index (χ0) is 34.5. The van der Waals surface area contributed by atoms with Crippen molar-refractivity contribution < 1.29 is 28.6 Å². The first-order valence-corrected chi connectivity index (χ1v) is 20.2. The van der Waals surface area contributed by atoms with Crippen LogP contribution in [0.15, 0.2) is 12.2 Å². The number of allylic oxidation sites excluding steroid dienone is 2. The van der Waals surface area contributed by atoms with Crippen molar-refractivity contribution in [3.8, 4) is 0 Å². The maximum Gasteiger partial charge on any atom is 0.306 e. The van der Waals surface area contributed by atoms with Gasteiger partial charge in [-0.05, 0) is 44.9 Å². The highest BCUT2D eigenvalue weighted by Gasteiger charge is 2.19. The number of rotatable bonds is 36. The molecule has 1 unspecified atom stereocenters. The molecule has 0 aromatic heterocycles. The predicted octanol–water partition coefficient (Wildman–Crippen LogP) is 12.3. The Morgan fingerprint density at radius 3 is 1.15 bits per heavy atom. The Kier molecular flexibility index (Phi) is 35.5. The number of hydrogen-bond acceptors (Lipinski definition) is 6. The molecule has 6 heteroatoms. The SMILES string of the molecule is CCCCCCCC/C=C\CCCCCCCC(=O)OC(COC(=O)CCC)COC(=O)CCCCCCCCCCCCCCC. The van der Waals surface area contributed by atoms with E-state index in [-0.39, 0.29) is 31.1 Å². The molecule has 0 fully saturated rings. The molecule has 6 nitrogen and oxygen atoms in total. The lowest BCUT2D eigenvalue weighted by Gasteiger charge is -2.18. The van der Waals surface area contributed by atoms with E-state index in [9.17, 15) is 14.4 Å². The van der Waals surface area contributed by atoms with Gasteiger partial charge in [0.1, 0.15) is 13.2 Å². The molecule has 0 saturated heterocycles. The van der Waals surface area contributed by atoms with E-state index >= 15 is 0 Å². The van der Waals surface area contributed by atoms with Crippen LogP contribution in [0.4, 0.5) is 0 Å². The largest absolute Gasteiger partial charge is 0.462 e. The lowest BCUT2D eigenvalue weighted by molar-refractivity contribution is -0.167. The summed E-state index contributed by atoms with van der Waals surface area (Å²) in [5, 5.41) is 0. The molecule has 0 rings (SSSR count). The first-order chi connectivity index (χ1) is 23.0. The molecule has 0 bridgehead atoms. The van der Waals surface area contributed by atoms with Crippen molar-refractivity contribution in [2.24, 2.45) is 0 Å². The van der Waals surface area contributed by atoms with Crippen LogP contribution in [0.25, 0.3) is 0 Å². The first-order valence-electron chi connectivity index (χ1n) is 20.2. The number of carbonyl (C=O) groups excluding carboxylic acids is 3. The second-order valence-electron chi connectivity index (χ2n) is 13.6. The summed E-state index contributed by atoms with van der Waals surface area (Å²) in [6.45, 7) is 6.27. The number of unbranched alkanes of at least 4 members (excludes halogenated alkanes) is 23. The molecule has 0 aromatic rings. The number of carbonyl (C=O) groups is 3. The van der Waals surface area contributed by atoms with E-state index < -0.39 is 6.10 Å². The molecule has 47 heavy (non-hydrogen) atoms. The fourth-order valence-electron chi connectivity index (χ4n) is 5.71. The Morgan fingerprint density at radius 2 is 0.745 bits per heavy atom. The Balaban J connectivity index is 4.02. The molecule has 0 radical (unpaired) electrons. The third-order valence-corrected chi connectivity index (χ3v) is 8.74. The molecule has 0 spiro atoms. The molecule has 0 amide bonds. The Labute approximate surface area is 290 Å². The van der Waals surface area contributed by atoms with E-state index in [2.05, 4.69) is 26.0 Å². The van der Waals surface area contributed by atoms with Gasteiger partial charge in [-0.3, -0.25) is 14.4 Å². The number of hydrogen-bond donors (Lipinski definition) is 0. The quantitative estimate of drug-likeness (QED) is 0.0287. The molecule has 0 aliphatic heterocycles. The standard InChI is InChI=1S/C41H76O6/c1-4-7-9-11-13-15-17-19-20-22-24-26-28-30-32-35-41(44)47-38(36-45-39(42)33-6-3)37-46-40(43)34-31-29-27-25-23-21-18-16-14-12-10-8-5-2/h19-20,38H,4-18,21-37H2,1-3H3/b20-19-. The fraction of sp³-hybridized carbons (Fsp3) is 0.878. The lowest BCUT2D eigenvalue weighted by Crippen LogP contribution is -2.30. The van der Waals surface area contributed by atoms with Gasteiger partial charge in [-0.15, -0.1) is 0 Å². The Bertz CT molecular complexity index is 733. The molecular weight excluding hydrogens is 588 g/mol. The van der Waals surface area contributed by atoms with Crippen LogP contribution in [-0.2, 0) is 28.6 Å². The molecule has 0 saturated carbocycles. The summed E-state index contributed by atoms with van der Waals surface area (Å²) >= 11 is 0. The third kappa shape index (κ3) is 35.3. The van der Waals surface area contributed by atoms with E-state index in [1.807, 2.05) is 6.92 Å². The van der Waals surface area contributed by atoms with E-state index in [1.54, 1.807) is 0 Å². The number of ether oxygens (including phenoxy) is 3. The van der Waals surface area contributed by atoms with Crippen molar-refractivity contribution in [1.82, 2.24) is 0 Å². The zero-order valence-corrected chi connectivity index (χ0v) is 31.3. The summed E-state index contributed by atoms with van der Waals surface area (Å²) in [5.41, 5.74) is 0. The van der Waals surface area contributed by atoms with Crippen molar-refractivity contribution in [2.75, 3.05) is 13.2 Å². The molecule has 0 aliphatic carbocycles. The highest BCUT2D eigenvalue weighted by Crippen LogP contribution is 2.14. The highest BCUT2D eigenvalue weighted by atomic mass is 16.6. The summed E-state index contributed by atoms with van der Waals surface area (Å²) in [4.78, 5) is 36.7. The van der Waals surface area contributed by atoms with Gasteiger partial charge in [0, 0.05) is 19.3 Å². The summed E-state index contributed by atoms with van der Waals surface area (Å²) in [6, 6.07) is 0. The highest BCUT2D eigenvalue weighted by molar-refractivity contribution is 5.71. The minimum atomic E-state index is -0.762. The van der Waals surface area contributed by atoms with Crippen LogP contribution >= 0.6 is 0 Å². The van der Waals surface area contributed by atoms with E-state index in [4.69, 9.17) is 14.2 Å². The lowest BCUT2D eigenvalue weighted by atomic mass is 10.0. The van der Waals surface area contributed by atoms with Crippen molar-refractivity contribution in [2.45, 2.75) is 219 Å². The van der Waals surface area contributed by atoms with Crippen LogP contribution in [-0.4, -0.2) is 37.2 Å². The van der Waals surface area contributed by atoms with Gasteiger partial charge in [0.05, 0.1) is 0 Å². The monoisotopic (exact) mass is 665 g/mol. The van der Waals surface area contributed by atoms with Crippen molar-refractivity contribution in [3.05, 3.63) is 12.2 Å². The third-order valence-electron chi connectivity index (χ3n) is 8.74. The van der Waals surface area contributed by atoms with Gasteiger partial charge >= 0.3 is 17.9 Å². The van der Waals surface area contributed by atoms with Crippen LogP contribution in [0.3, 0.4) is 0 Å². The van der Waals surface area contributed by atoms with Crippen LogP contribution in [0.2, 0.25) is 0 Å². The van der Waals surface area contributed by atoms with Crippen LogP contribution in [0.5, 0.6) is 0 Å². The molecule has 0 aliphatic rings. The van der Waals surface area contributed by atoms with Gasteiger partial charge < -0.3 is 14.2 Å². The van der Waals surface area contributed by atoms with Gasteiger partial charge in [-0.2, -0.15) is 0 Å². The minimum Gasteiger partial charge on any atom is -0.462 e. The Hall–Kier alpha value is -1.85. The minimum absolute atomic E-state index is 0.0746. The van der Waals surface area contributed by atoms with Crippen molar-refractivity contribution in [1.29, 1.82) is 0 Å². The van der Waals surface area contributed by atoms with E-state index in [1.165, 1.54) is 122 Å². The summed E-state index contributed by atoms with van der Waals surface area (Å²) < 4.78 is 16.3. The second kappa shape index (κ2) is 37.0. The van der Waals surface area contributed by atoms with Gasteiger partial charge in [-0.25, -0.2) is 0 Å². The number of esters is 3. The topological polar surface area (TPSA) is 78.9 Å². The summed E-state index contributed by atoms with van der Waals surface area (Å²) in [7, 11) is 0. The van der Waals surface area contributed by atoms with Crippen LogP contribution < -0.4 is 0 Å². The predicted molar refractivity (Wildman–Crippen MR) is 196 cm³/mol. The molecule has 0 N–H and O–H groups in total. The average molecular weight is 665 g/mol. The molecule has 276 valence electrons. The van der Waals surface area contributed by atoms with Crippen molar-refractivity contribution in [3.63, 3.8) is 0 Å². The van der Waals surface area contributed by atoms with Crippen LogP contribution in [0.1, 0.15) is 213 Å². The van der Waals surface area contributed by atoms with Gasteiger partial charge in [0.2, 0.25) is 0 Å². The Morgan fingerprint density at radius 1 is 0.404 bits per heavy atom. The maximum absolute atomic E-state index is 12.5. The molecule has 0 aromatic carbocycles. The smallest absolute Gasteiger partial charge is 0.306 e. The maximum atomic E-state index is 12.5. The van der Waals surface area contributed by atoms with Gasteiger partial charge in [0.15, 0.2) is 6.10 Å². The summed E-state index contributed by atoms with van der Waals surface area (Å²) in [5.74, 6) is -0.943. The fourth-order valence-corrected chi connectivity index (χ4v) is 5.71. The van der Waals surface area contributed by atoms with Crippen molar-refractivity contribution >= 4 is 17.9 Å². The van der Waals surface area contributed by atoms with Crippen LogP contribution in [0, 0.1) is 0 Å². The second-order valence-corrected chi connectivity index (χ2v) is 13.6.